The molecule has 1 unspecified atom stereocenters. The predicted molar refractivity (Wildman–Crippen MR) is 106 cm³/mol. The number of amides is 2. The van der Waals surface area contributed by atoms with Crippen LogP contribution in [-0.4, -0.2) is 51.8 Å². The Balaban J connectivity index is 1.69. The standard InChI is InChI=1S/C20H17F3N6O3/c1-32-11-14-10-28(13-4-2-12(3-5-13)20(21,22)23)19(31)17-15(8-26-29(14)17)18(30)27-16-9-24-6-7-25-16/h2-9,14H,10-11H2,1H3,(H,25,27,30). The van der Waals surface area contributed by atoms with Crippen molar-refractivity contribution >= 4 is 23.3 Å². The number of benzene rings is 1. The van der Waals surface area contributed by atoms with Gasteiger partial charge in [0.05, 0.1) is 42.7 Å². The van der Waals surface area contributed by atoms with Crippen molar-refractivity contribution in [2.45, 2.75) is 12.2 Å². The molecule has 166 valence electrons. The van der Waals surface area contributed by atoms with Crippen LogP contribution < -0.4 is 10.2 Å². The lowest BCUT2D eigenvalue weighted by molar-refractivity contribution is -0.137. The van der Waals surface area contributed by atoms with Gasteiger partial charge >= 0.3 is 6.18 Å². The van der Waals surface area contributed by atoms with E-state index >= 15 is 0 Å². The minimum absolute atomic E-state index is 0.000381. The second kappa shape index (κ2) is 8.38. The first-order valence-corrected chi connectivity index (χ1v) is 9.42. The maximum absolute atomic E-state index is 13.3. The Morgan fingerprint density at radius 1 is 1.22 bits per heavy atom. The summed E-state index contributed by atoms with van der Waals surface area (Å²) < 4.78 is 45.4. The molecule has 1 atom stereocenters. The minimum Gasteiger partial charge on any atom is -0.382 e. The monoisotopic (exact) mass is 446 g/mol. The Morgan fingerprint density at radius 2 is 1.97 bits per heavy atom. The summed E-state index contributed by atoms with van der Waals surface area (Å²) in [6.07, 6.45) is 0.955. The van der Waals surface area contributed by atoms with Gasteiger partial charge in [-0.2, -0.15) is 18.3 Å². The molecule has 4 rings (SSSR count). The van der Waals surface area contributed by atoms with Gasteiger partial charge in [-0.3, -0.25) is 19.3 Å². The topological polar surface area (TPSA) is 102 Å². The van der Waals surface area contributed by atoms with Gasteiger partial charge in [-0.05, 0) is 24.3 Å². The fourth-order valence-electron chi connectivity index (χ4n) is 3.43. The zero-order valence-corrected chi connectivity index (χ0v) is 16.7. The number of nitrogens with zero attached hydrogens (tertiary/aromatic N) is 5. The highest BCUT2D eigenvalue weighted by molar-refractivity contribution is 6.15. The van der Waals surface area contributed by atoms with Gasteiger partial charge in [-0.15, -0.1) is 0 Å². The third-order valence-electron chi connectivity index (χ3n) is 4.90. The first-order valence-electron chi connectivity index (χ1n) is 9.42. The number of hydrogen-bond donors (Lipinski definition) is 1. The number of carbonyl (C=O) groups excluding carboxylic acids is 2. The number of fused-ring (bicyclic) bond motifs is 1. The van der Waals surface area contributed by atoms with E-state index in [9.17, 15) is 22.8 Å². The van der Waals surface area contributed by atoms with Crippen LogP contribution in [0.1, 0.15) is 32.5 Å². The Morgan fingerprint density at radius 3 is 2.59 bits per heavy atom. The third kappa shape index (κ3) is 4.04. The summed E-state index contributed by atoms with van der Waals surface area (Å²) in [6, 6.07) is 3.79. The highest BCUT2D eigenvalue weighted by atomic mass is 19.4. The van der Waals surface area contributed by atoms with Gasteiger partial charge in [0.1, 0.15) is 5.69 Å². The molecule has 1 aromatic carbocycles. The Hall–Kier alpha value is -3.80. The van der Waals surface area contributed by atoms with E-state index in [0.717, 1.165) is 12.1 Å². The van der Waals surface area contributed by atoms with Crippen LogP contribution >= 0.6 is 0 Å². The van der Waals surface area contributed by atoms with Gasteiger partial charge in [0.2, 0.25) is 0 Å². The average Bonchev–Trinajstić information content (AvgIpc) is 3.22. The molecule has 9 nitrogen and oxygen atoms in total. The summed E-state index contributed by atoms with van der Waals surface area (Å²) in [5.41, 5.74) is -0.567. The summed E-state index contributed by atoms with van der Waals surface area (Å²) in [5.74, 6) is -1.00. The molecule has 1 aliphatic rings. The first kappa shape index (κ1) is 21.4. The highest BCUT2D eigenvalue weighted by Gasteiger charge is 2.37. The van der Waals surface area contributed by atoms with Crippen molar-refractivity contribution in [3.63, 3.8) is 0 Å². The molecule has 2 aromatic heterocycles. The van der Waals surface area contributed by atoms with Crippen molar-refractivity contribution < 1.29 is 27.5 Å². The molecular formula is C20H17F3N6O3. The number of methoxy groups -OCH3 is 1. The minimum atomic E-state index is -4.49. The number of carbonyl (C=O) groups is 2. The molecule has 0 radical (unpaired) electrons. The van der Waals surface area contributed by atoms with E-state index in [0.29, 0.717) is 0 Å². The van der Waals surface area contributed by atoms with Crippen LogP contribution in [0.3, 0.4) is 0 Å². The SMILES string of the molecule is COCC1CN(c2ccc(C(F)(F)F)cc2)C(=O)c2c(C(=O)Nc3cnccn3)cnn21. The molecule has 12 heteroatoms. The van der Waals surface area contributed by atoms with Gasteiger partial charge in [0.25, 0.3) is 11.8 Å². The van der Waals surface area contributed by atoms with Crippen molar-refractivity contribution in [2.24, 2.45) is 0 Å². The number of anilines is 2. The first-order chi connectivity index (χ1) is 15.3. The van der Waals surface area contributed by atoms with Crippen molar-refractivity contribution in [1.82, 2.24) is 19.7 Å². The molecule has 0 saturated carbocycles. The zero-order chi connectivity index (χ0) is 22.9. The van der Waals surface area contributed by atoms with Crippen LogP contribution in [0.25, 0.3) is 0 Å². The molecule has 0 saturated heterocycles. The molecule has 1 aliphatic heterocycles. The van der Waals surface area contributed by atoms with Gasteiger partial charge in [0, 0.05) is 25.2 Å². The average molecular weight is 446 g/mol. The largest absolute Gasteiger partial charge is 0.416 e. The van der Waals surface area contributed by atoms with E-state index in [1.54, 1.807) is 0 Å². The smallest absolute Gasteiger partial charge is 0.382 e. The van der Waals surface area contributed by atoms with Crippen molar-refractivity contribution in [1.29, 1.82) is 0 Å². The fraction of sp³-hybridized carbons (Fsp3) is 0.250. The van der Waals surface area contributed by atoms with E-state index in [4.69, 9.17) is 4.74 Å². The summed E-state index contributed by atoms with van der Waals surface area (Å²) in [4.78, 5) is 35.2. The normalized spacial score (nSPS) is 16.1. The lowest BCUT2D eigenvalue weighted by Gasteiger charge is -2.33. The van der Waals surface area contributed by atoms with Gasteiger partial charge in [-0.1, -0.05) is 0 Å². The van der Waals surface area contributed by atoms with E-state index in [-0.39, 0.29) is 35.9 Å². The highest BCUT2D eigenvalue weighted by Crippen LogP contribution is 2.33. The summed E-state index contributed by atoms with van der Waals surface area (Å²) in [5, 5.41) is 6.74. The molecular weight excluding hydrogens is 429 g/mol. The van der Waals surface area contributed by atoms with Crippen molar-refractivity contribution in [3.05, 3.63) is 65.9 Å². The lowest BCUT2D eigenvalue weighted by atomic mass is 10.1. The Bertz CT molecular complexity index is 1130. The summed E-state index contributed by atoms with van der Waals surface area (Å²) in [7, 11) is 1.48. The van der Waals surface area contributed by atoms with Crippen LogP contribution in [0, 0.1) is 0 Å². The fourth-order valence-corrected chi connectivity index (χ4v) is 3.43. The summed E-state index contributed by atoms with van der Waals surface area (Å²) in [6.45, 7) is 0.280. The lowest BCUT2D eigenvalue weighted by Crippen LogP contribution is -2.45. The van der Waals surface area contributed by atoms with E-state index < -0.39 is 29.6 Å². The second-order valence-corrected chi connectivity index (χ2v) is 6.97. The molecule has 0 bridgehead atoms. The Kier molecular flexibility index (Phi) is 5.61. The van der Waals surface area contributed by atoms with Crippen LogP contribution in [-0.2, 0) is 10.9 Å². The number of alkyl halides is 3. The second-order valence-electron chi connectivity index (χ2n) is 6.97. The molecule has 3 heterocycles. The number of aromatic nitrogens is 4. The molecule has 3 aromatic rings. The van der Waals surface area contributed by atoms with Crippen LogP contribution in [0.4, 0.5) is 24.7 Å². The molecule has 0 fully saturated rings. The maximum Gasteiger partial charge on any atom is 0.416 e. The van der Waals surface area contributed by atoms with Gasteiger partial charge in [0.15, 0.2) is 5.82 Å². The van der Waals surface area contributed by atoms with E-state index in [1.165, 1.54) is 53.6 Å². The molecule has 0 aliphatic carbocycles. The van der Waals surface area contributed by atoms with Crippen LogP contribution in [0.5, 0.6) is 0 Å². The number of rotatable bonds is 5. The number of hydrogen-bond acceptors (Lipinski definition) is 6. The summed E-state index contributed by atoms with van der Waals surface area (Å²) >= 11 is 0. The molecule has 1 N–H and O–H groups in total. The van der Waals surface area contributed by atoms with Gasteiger partial charge in [-0.25, -0.2) is 4.98 Å². The predicted octanol–water partition coefficient (Wildman–Crippen LogP) is 2.79. The molecule has 0 spiro atoms. The van der Waals surface area contributed by atoms with Crippen LogP contribution in [0.15, 0.2) is 49.1 Å². The van der Waals surface area contributed by atoms with Crippen molar-refractivity contribution in [3.8, 4) is 0 Å². The number of nitrogens with one attached hydrogen (secondary N) is 1. The molecule has 2 amide bonds. The van der Waals surface area contributed by atoms with E-state index in [2.05, 4.69) is 20.4 Å². The van der Waals surface area contributed by atoms with Gasteiger partial charge < -0.3 is 15.0 Å². The molecule has 32 heavy (non-hydrogen) atoms. The van der Waals surface area contributed by atoms with Crippen molar-refractivity contribution in [2.75, 3.05) is 30.5 Å². The third-order valence-corrected chi connectivity index (χ3v) is 4.90. The number of ether oxygens (including phenoxy) is 1. The Labute approximate surface area is 179 Å². The van der Waals surface area contributed by atoms with E-state index in [1.807, 2.05) is 0 Å². The quantitative estimate of drug-likeness (QED) is 0.647. The van der Waals surface area contributed by atoms with Crippen LogP contribution in [0.2, 0.25) is 0 Å². The maximum atomic E-state index is 13.3. The zero-order valence-electron chi connectivity index (χ0n) is 16.7. The number of halogens is 3.